The summed E-state index contributed by atoms with van der Waals surface area (Å²) in [5.41, 5.74) is 0.469. The zero-order chi connectivity index (χ0) is 15.1. The summed E-state index contributed by atoms with van der Waals surface area (Å²) in [6, 6.07) is 1.70. The lowest BCUT2D eigenvalue weighted by Gasteiger charge is -2.16. The van der Waals surface area contributed by atoms with Crippen molar-refractivity contribution in [3.63, 3.8) is 0 Å². The third-order valence-electron chi connectivity index (χ3n) is 3.38. The maximum absolute atomic E-state index is 12.2. The van der Waals surface area contributed by atoms with Crippen molar-refractivity contribution in [1.82, 2.24) is 10.3 Å². The molecule has 0 aliphatic heterocycles. The Balaban J connectivity index is 2.71. The van der Waals surface area contributed by atoms with Crippen molar-refractivity contribution in [3.05, 3.63) is 22.8 Å². The van der Waals surface area contributed by atoms with Crippen molar-refractivity contribution in [1.29, 1.82) is 0 Å². The number of nitrogens with one attached hydrogen (secondary N) is 2. The number of amides is 1. The Morgan fingerprint density at radius 1 is 1.40 bits per heavy atom. The highest BCUT2D eigenvalue weighted by Crippen LogP contribution is 2.18. The van der Waals surface area contributed by atoms with E-state index in [-0.39, 0.29) is 5.91 Å². The van der Waals surface area contributed by atoms with Crippen molar-refractivity contribution < 1.29 is 4.79 Å². The number of anilines is 1. The second-order valence-corrected chi connectivity index (χ2v) is 5.81. The van der Waals surface area contributed by atoms with Crippen molar-refractivity contribution in [2.75, 3.05) is 18.4 Å². The van der Waals surface area contributed by atoms with E-state index in [2.05, 4.69) is 43.3 Å². The van der Waals surface area contributed by atoms with E-state index in [1.807, 2.05) is 0 Å². The van der Waals surface area contributed by atoms with Gasteiger partial charge in [-0.1, -0.05) is 39.3 Å². The minimum atomic E-state index is -0.149. The fourth-order valence-corrected chi connectivity index (χ4v) is 1.74. The van der Waals surface area contributed by atoms with Crippen LogP contribution in [0.4, 0.5) is 5.82 Å². The van der Waals surface area contributed by atoms with Crippen molar-refractivity contribution in [2.45, 2.75) is 34.1 Å². The van der Waals surface area contributed by atoms with E-state index < -0.39 is 0 Å². The first-order valence-corrected chi connectivity index (χ1v) is 7.51. The summed E-state index contributed by atoms with van der Waals surface area (Å²) in [5.74, 6) is 1.49. The number of nitrogens with zero attached hydrogens (tertiary/aromatic N) is 1. The first kappa shape index (κ1) is 16.8. The highest BCUT2D eigenvalue weighted by Gasteiger charge is 2.14. The SMILES string of the molecule is CCCNc1cc(C(=O)NCC(C)C(C)C)c(Cl)cn1. The van der Waals surface area contributed by atoms with Gasteiger partial charge in [-0.25, -0.2) is 4.98 Å². The maximum atomic E-state index is 12.2. The van der Waals surface area contributed by atoms with Crippen molar-refractivity contribution in [3.8, 4) is 0 Å². The van der Waals surface area contributed by atoms with Gasteiger partial charge in [0.05, 0.1) is 10.6 Å². The van der Waals surface area contributed by atoms with Gasteiger partial charge in [0.25, 0.3) is 5.91 Å². The average Bonchev–Trinajstić information content (AvgIpc) is 2.43. The number of pyridine rings is 1. The number of carbonyl (C=O) groups is 1. The van der Waals surface area contributed by atoms with Crippen LogP contribution in [-0.2, 0) is 0 Å². The fraction of sp³-hybridized carbons (Fsp3) is 0.600. The average molecular weight is 298 g/mol. The van der Waals surface area contributed by atoms with E-state index in [0.717, 1.165) is 13.0 Å². The zero-order valence-corrected chi connectivity index (χ0v) is 13.4. The molecule has 0 aliphatic carbocycles. The van der Waals surface area contributed by atoms with Crippen LogP contribution in [0.5, 0.6) is 0 Å². The predicted octanol–water partition coefficient (Wildman–Crippen LogP) is 3.58. The monoisotopic (exact) mass is 297 g/mol. The van der Waals surface area contributed by atoms with E-state index in [1.54, 1.807) is 6.07 Å². The third kappa shape index (κ3) is 5.00. The number of hydrogen-bond donors (Lipinski definition) is 2. The number of rotatable bonds is 7. The van der Waals surface area contributed by atoms with E-state index in [1.165, 1.54) is 6.20 Å². The molecule has 0 aromatic carbocycles. The fourth-order valence-electron chi connectivity index (χ4n) is 1.55. The molecule has 0 saturated heterocycles. The Labute approximate surface area is 126 Å². The first-order valence-electron chi connectivity index (χ1n) is 7.13. The number of halogens is 1. The maximum Gasteiger partial charge on any atom is 0.252 e. The highest BCUT2D eigenvalue weighted by molar-refractivity contribution is 6.33. The largest absolute Gasteiger partial charge is 0.370 e. The molecule has 1 atom stereocenters. The summed E-state index contributed by atoms with van der Waals surface area (Å²) >= 11 is 6.05. The molecule has 5 heteroatoms. The Morgan fingerprint density at radius 2 is 2.10 bits per heavy atom. The lowest BCUT2D eigenvalue weighted by Crippen LogP contribution is -2.30. The van der Waals surface area contributed by atoms with Gasteiger partial charge < -0.3 is 10.6 Å². The third-order valence-corrected chi connectivity index (χ3v) is 3.68. The quantitative estimate of drug-likeness (QED) is 0.809. The van der Waals surface area contributed by atoms with Crippen LogP contribution in [0.3, 0.4) is 0 Å². The second kappa shape index (κ2) is 8.10. The highest BCUT2D eigenvalue weighted by atomic mass is 35.5. The van der Waals surface area contributed by atoms with E-state index >= 15 is 0 Å². The molecule has 0 saturated carbocycles. The van der Waals surface area contributed by atoms with Crippen LogP contribution < -0.4 is 10.6 Å². The van der Waals surface area contributed by atoms with Gasteiger partial charge in [-0.3, -0.25) is 4.79 Å². The molecule has 1 amide bonds. The minimum absolute atomic E-state index is 0.149. The Morgan fingerprint density at radius 3 is 2.70 bits per heavy atom. The molecule has 0 radical (unpaired) electrons. The molecule has 112 valence electrons. The standard InChI is InChI=1S/C15H24ClN3O/c1-5-6-17-14-7-12(13(16)9-18-14)15(20)19-8-11(4)10(2)3/h7,9-11H,5-6,8H2,1-4H3,(H,17,18)(H,19,20). The lowest BCUT2D eigenvalue weighted by atomic mass is 9.98. The molecule has 1 heterocycles. The van der Waals surface area contributed by atoms with Crippen molar-refractivity contribution in [2.24, 2.45) is 11.8 Å². The van der Waals surface area contributed by atoms with Gasteiger partial charge in [-0.05, 0) is 24.3 Å². The molecular formula is C15H24ClN3O. The van der Waals surface area contributed by atoms with Gasteiger partial charge in [0.1, 0.15) is 5.82 Å². The van der Waals surface area contributed by atoms with E-state index in [0.29, 0.717) is 34.8 Å². The molecule has 1 unspecified atom stereocenters. The minimum Gasteiger partial charge on any atom is -0.370 e. The summed E-state index contributed by atoms with van der Waals surface area (Å²) in [6.45, 7) is 9.94. The Hall–Kier alpha value is -1.29. The van der Waals surface area contributed by atoms with Crippen LogP contribution in [-0.4, -0.2) is 24.0 Å². The summed E-state index contributed by atoms with van der Waals surface area (Å²) < 4.78 is 0. The van der Waals surface area contributed by atoms with Crippen molar-refractivity contribution >= 4 is 23.3 Å². The van der Waals surface area contributed by atoms with E-state index in [9.17, 15) is 4.79 Å². The topological polar surface area (TPSA) is 54.0 Å². The van der Waals surface area contributed by atoms with Crippen LogP contribution in [0.1, 0.15) is 44.5 Å². The molecule has 2 N–H and O–H groups in total. The second-order valence-electron chi connectivity index (χ2n) is 5.41. The summed E-state index contributed by atoms with van der Waals surface area (Å²) in [6.07, 6.45) is 2.51. The van der Waals surface area contributed by atoms with Crippen LogP contribution in [0, 0.1) is 11.8 Å². The van der Waals surface area contributed by atoms with Gasteiger partial charge in [-0.15, -0.1) is 0 Å². The molecule has 0 aliphatic rings. The van der Waals surface area contributed by atoms with Gasteiger partial charge in [0.15, 0.2) is 0 Å². The van der Waals surface area contributed by atoms with Crippen LogP contribution >= 0.6 is 11.6 Å². The molecule has 4 nitrogen and oxygen atoms in total. The molecule has 1 aromatic rings. The number of hydrogen-bond acceptors (Lipinski definition) is 3. The first-order chi connectivity index (χ1) is 9.45. The normalized spacial score (nSPS) is 12.3. The smallest absolute Gasteiger partial charge is 0.252 e. The molecule has 1 rings (SSSR count). The number of aromatic nitrogens is 1. The van der Waals surface area contributed by atoms with Gasteiger partial charge in [-0.2, -0.15) is 0 Å². The lowest BCUT2D eigenvalue weighted by molar-refractivity contribution is 0.0945. The van der Waals surface area contributed by atoms with Crippen LogP contribution in [0.25, 0.3) is 0 Å². The van der Waals surface area contributed by atoms with Crippen LogP contribution in [0.2, 0.25) is 5.02 Å². The Bertz CT molecular complexity index is 449. The Kier molecular flexibility index (Phi) is 6.79. The molecule has 20 heavy (non-hydrogen) atoms. The molecule has 0 spiro atoms. The van der Waals surface area contributed by atoms with Gasteiger partial charge >= 0.3 is 0 Å². The van der Waals surface area contributed by atoms with Gasteiger partial charge in [0, 0.05) is 19.3 Å². The zero-order valence-electron chi connectivity index (χ0n) is 12.7. The molecular weight excluding hydrogens is 274 g/mol. The van der Waals surface area contributed by atoms with Crippen LogP contribution in [0.15, 0.2) is 12.3 Å². The molecule has 0 fully saturated rings. The number of carbonyl (C=O) groups excluding carboxylic acids is 1. The molecule has 0 bridgehead atoms. The van der Waals surface area contributed by atoms with E-state index in [4.69, 9.17) is 11.6 Å². The summed E-state index contributed by atoms with van der Waals surface area (Å²) in [5, 5.41) is 6.45. The predicted molar refractivity (Wildman–Crippen MR) is 84.4 cm³/mol. The van der Waals surface area contributed by atoms with Gasteiger partial charge in [0.2, 0.25) is 0 Å². The summed E-state index contributed by atoms with van der Waals surface area (Å²) in [4.78, 5) is 16.3. The summed E-state index contributed by atoms with van der Waals surface area (Å²) in [7, 11) is 0. The molecule has 1 aromatic heterocycles.